The lowest BCUT2D eigenvalue weighted by Crippen LogP contribution is -2.12. The molecule has 0 aromatic carbocycles. The molecule has 0 N–H and O–H groups in total. The highest BCUT2D eigenvalue weighted by atomic mass is 16.5. The molecule has 0 bridgehead atoms. The van der Waals surface area contributed by atoms with Gasteiger partial charge in [-0.3, -0.25) is 4.68 Å². The largest absolute Gasteiger partial charge is 0.377 e. The van der Waals surface area contributed by atoms with Gasteiger partial charge in [0, 0.05) is 24.4 Å². The number of aromatic nitrogens is 2. The molecule has 2 rings (SSSR count). The maximum Gasteiger partial charge on any atom is 0.0750 e. The molecule has 1 aliphatic heterocycles. The molecular weight excluding hydrogens is 164 g/mol. The normalized spacial score (nSPS) is 15.8. The minimum atomic E-state index is 0.728. The van der Waals surface area contributed by atoms with E-state index in [1.54, 1.807) is 0 Å². The van der Waals surface area contributed by atoms with Crippen LogP contribution in [0.5, 0.6) is 0 Å². The van der Waals surface area contributed by atoms with Gasteiger partial charge in [0.2, 0.25) is 0 Å². The van der Waals surface area contributed by atoms with Crippen LogP contribution < -0.4 is 0 Å². The molecule has 1 aromatic rings. The highest BCUT2D eigenvalue weighted by molar-refractivity contribution is 5.18. The summed E-state index contributed by atoms with van der Waals surface area (Å²) in [5, 5.41) is 4.35. The van der Waals surface area contributed by atoms with Crippen LogP contribution >= 0.6 is 0 Å². The minimum Gasteiger partial charge on any atom is -0.377 e. The second-order valence-electron chi connectivity index (χ2n) is 3.43. The van der Waals surface area contributed by atoms with Gasteiger partial charge >= 0.3 is 0 Å². The van der Waals surface area contributed by atoms with Crippen LogP contribution in [0.15, 0.2) is 6.20 Å². The molecule has 3 heteroatoms. The summed E-state index contributed by atoms with van der Waals surface area (Å²) < 4.78 is 7.51. The van der Waals surface area contributed by atoms with E-state index >= 15 is 0 Å². The standard InChI is InChI=1S/C10H16N2O/c1-2-13-8-9-7-11-12-6-4-3-5-10(9)12/h7H,2-6,8H2,1H3. The van der Waals surface area contributed by atoms with Crippen molar-refractivity contribution in [2.24, 2.45) is 0 Å². The molecule has 1 aliphatic rings. The van der Waals surface area contributed by atoms with E-state index in [1.807, 2.05) is 13.1 Å². The third kappa shape index (κ3) is 1.75. The fourth-order valence-corrected chi connectivity index (χ4v) is 1.82. The number of nitrogens with zero attached hydrogens (tertiary/aromatic N) is 2. The average Bonchev–Trinajstić information content (AvgIpc) is 2.58. The van der Waals surface area contributed by atoms with Crippen molar-refractivity contribution in [3.8, 4) is 0 Å². The van der Waals surface area contributed by atoms with Crippen LogP contribution in [-0.4, -0.2) is 16.4 Å². The van der Waals surface area contributed by atoms with E-state index in [0.29, 0.717) is 0 Å². The van der Waals surface area contributed by atoms with Crippen LogP contribution in [-0.2, 0) is 24.3 Å². The highest BCUT2D eigenvalue weighted by Crippen LogP contribution is 2.18. The van der Waals surface area contributed by atoms with Gasteiger partial charge in [-0.05, 0) is 26.2 Å². The molecule has 3 nitrogen and oxygen atoms in total. The van der Waals surface area contributed by atoms with Gasteiger partial charge in [-0.25, -0.2) is 0 Å². The molecule has 0 atom stereocenters. The molecular formula is C10H16N2O. The minimum absolute atomic E-state index is 0.728. The fraction of sp³-hybridized carbons (Fsp3) is 0.700. The molecule has 0 amide bonds. The third-order valence-electron chi connectivity index (χ3n) is 2.53. The van der Waals surface area contributed by atoms with Gasteiger partial charge in [0.1, 0.15) is 0 Å². The van der Waals surface area contributed by atoms with E-state index in [1.165, 1.54) is 30.5 Å². The third-order valence-corrected chi connectivity index (χ3v) is 2.53. The Morgan fingerprint density at radius 2 is 2.46 bits per heavy atom. The van der Waals surface area contributed by atoms with Crippen molar-refractivity contribution in [3.63, 3.8) is 0 Å². The van der Waals surface area contributed by atoms with Gasteiger partial charge in [0.25, 0.3) is 0 Å². The maximum absolute atomic E-state index is 5.39. The van der Waals surface area contributed by atoms with Crippen LogP contribution in [0.1, 0.15) is 31.0 Å². The molecule has 0 radical (unpaired) electrons. The lowest BCUT2D eigenvalue weighted by molar-refractivity contribution is 0.133. The number of hydrogen-bond donors (Lipinski definition) is 0. The lowest BCUT2D eigenvalue weighted by Gasteiger charge is -2.14. The summed E-state index contributed by atoms with van der Waals surface area (Å²) in [5.74, 6) is 0. The van der Waals surface area contributed by atoms with Crippen LogP contribution in [0, 0.1) is 0 Å². The predicted octanol–water partition coefficient (Wildman–Crippen LogP) is 1.76. The first-order chi connectivity index (χ1) is 6.42. The second-order valence-corrected chi connectivity index (χ2v) is 3.43. The SMILES string of the molecule is CCOCc1cnn2c1CCCC2. The summed E-state index contributed by atoms with van der Waals surface area (Å²) in [6.07, 6.45) is 5.69. The smallest absolute Gasteiger partial charge is 0.0750 e. The molecule has 1 aromatic heterocycles. The molecule has 0 saturated heterocycles. The molecule has 72 valence electrons. The molecule has 0 aliphatic carbocycles. The Bertz CT molecular complexity index is 280. The Morgan fingerprint density at radius 3 is 3.31 bits per heavy atom. The lowest BCUT2D eigenvalue weighted by atomic mass is 10.1. The van der Waals surface area contributed by atoms with Crippen LogP contribution in [0.3, 0.4) is 0 Å². The van der Waals surface area contributed by atoms with E-state index in [-0.39, 0.29) is 0 Å². The van der Waals surface area contributed by atoms with Crippen molar-refractivity contribution in [3.05, 3.63) is 17.5 Å². The van der Waals surface area contributed by atoms with E-state index in [2.05, 4.69) is 9.78 Å². The maximum atomic E-state index is 5.39. The number of rotatable bonds is 3. The molecule has 2 heterocycles. The van der Waals surface area contributed by atoms with Gasteiger partial charge in [0.05, 0.1) is 12.8 Å². The Kier molecular flexibility index (Phi) is 2.64. The fourth-order valence-electron chi connectivity index (χ4n) is 1.82. The van der Waals surface area contributed by atoms with Crippen molar-refractivity contribution in [2.45, 2.75) is 39.3 Å². The Morgan fingerprint density at radius 1 is 1.54 bits per heavy atom. The van der Waals surface area contributed by atoms with Crippen LogP contribution in [0.25, 0.3) is 0 Å². The summed E-state index contributed by atoms with van der Waals surface area (Å²) in [6, 6.07) is 0. The summed E-state index contributed by atoms with van der Waals surface area (Å²) >= 11 is 0. The van der Waals surface area contributed by atoms with Crippen LogP contribution in [0.4, 0.5) is 0 Å². The Balaban J connectivity index is 2.12. The number of hydrogen-bond acceptors (Lipinski definition) is 2. The second kappa shape index (κ2) is 3.92. The van der Waals surface area contributed by atoms with Crippen molar-refractivity contribution in [1.29, 1.82) is 0 Å². The van der Waals surface area contributed by atoms with Gasteiger partial charge in [-0.1, -0.05) is 0 Å². The zero-order valence-corrected chi connectivity index (χ0v) is 8.12. The average molecular weight is 180 g/mol. The molecule has 0 unspecified atom stereocenters. The Labute approximate surface area is 78.7 Å². The first-order valence-corrected chi connectivity index (χ1v) is 5.03. The number of ether oxygens (including phenoxy) is 1. The van der Waals surface area contributed by atoms with Crippen molar-refractivity contribution in [2.75, 3.05) is 6.61 Å². The van der Waals surface area contributed by atoms with Crippen molar-refractivity contribution >= 4 is 0 Å². The van der Waals surface area contributed by atoms with Gasteiger partial charge in [0.15, 0.2) is 0 Å². The van der Waals surface area contributed by atoms with E-state index in [0.717, 1.165) is 19.8 Å². The molecule has 0 spiro atoms. The number of aryl methyl sites for hydroxylation is 1. The summed E-state index contributed by atoms with van der Waals surface area (Å²) in [4.78, 5) is 0. The number of fused-ring (bicyclic) bond motifs is 1. The van der Waals surface area contributed by atoms with Crippen LogP contribution in [0.2, 0.25) is 0 Å². The van der Waals surface area contributed by atoms with Gasteiger partial charge in [-0.15, -0.1) is 0 Å². The molecule has 0 saturated carbocycles. The molecule has 13 heavy (non-hydrogen) atoms. The van der Waals surface area contributed by atoms with Crippen molar-refractivity contribution < 1.29 is 4.74 Å². The Hall–Kier alpha value is -0.830. The first-order valence-electron chi connectivity index (χ1n) is 5.03. The first kappa shape index (κ1) is 8.75. The quantitative estimate of drug-likeness (QED) is 0.708. The molecule has 0 fully saturated rings. The zero-order chi connectivity index (χ0) is 9.10. The topological polar surface area (TPSA) is 27.1 Å². The highest BCUT2D eigenvalue weighted by Gasteiger charge is 2.13. The summed E-state index contributed by atoms with van der Waals surface area (Å²) in [7, 11) is 0. The summed E-state index contributed by atoms with van der Waals surface area (Å²) in [6.45, 7) is 4.62. The zero-order valence-electron chi connectivity index (χ0n) is 8.12. The van der Waals surface area contributed by atoms with Crippen molar-refractivity contribution in [1.82, 2.24) is 9.78 Å². The van der Waals surface area contributed by atoms with E-state index in [9.17, 15) is 0 Å². The van der Waals surface area contributed by atoms with E-state index < -0.39 is 0 Å². The van der Waals surface area contributed by atoms with Gasteiger partial charge in [-0.2, -0.15) is 5.10 Å². The van der Waals surface area contributed by atoms with E-state index in [4.69, 9.17) is 4.74 Å². The summed E-state index contributed by atoms with van der Waals surface area (Å²) in [5.41, 5.74) is 2.67. The van der Waals surface area contributed by atoms with Gasteiger partial charge < -0.3 is 4.74 Å². The monoisotopic (exact) mass is 180 g/mol. The predicted molar refractivity (Wildman–Crippen MR) is 50.5 cm³/mol.